The third-order valence-corrected chi connectivity index (χ3v) is 3.51. The normalized spacial score (nSPS) is 31.9. The average molecular weight is 208 g/mol. The lowest BCUT2D eigenvalue weighted by atomic mass is 9.96. The summed E-state index contributed by atoms with van der Waals surface area (Å²) in [6.45, 7) is 2.74. The molecule has 0 aliphatic carbocycles. The first kappa shape index (κ1) is 10.9. The second-order valence-corrected chi connectivity index (χ2v) is 5.18. The molecule has 1 rings (SSSR count). The Morgan fingerprint density at radius 2 is 2.15 bits per heavy atom. The number of piperidine rings is 1. The van der Waals surface area contributed by atoms with E-state index in [1.54, 1.807) is 7.11 Å². The van der Waals surface area contributed by atoms with Crippen LogP contribution in [-0.2, 0) is 14.9 Å². The fourth-order valence-electron chi connectivity index (χ4n) is 1.54. The molecule has 0 radical (unpaired) electrons. The van der Waals surface area contributed by atoms with Crippen LogP contribution < -0.4 is 5.14 Å². The summed E-state index contributed by atoms with van der Waals surface area (Å²) in [5.41, 5.74) is -0.384. The highest BCUT2D eigenvalue weighted by Gasteiger charge is 2.34. The SMILES string of the molecule is COC1(C)CCCN(S(N)(=O)=O)C1. The van der Waals surface area contributed by atoms with Gasteiger partial charge in [-0.2, -0.15) is 12.7 Å². The van der Waals surface area contributed by atoms with Crippen molar-refractivity contribution in [2.45, 2.75) is 25.4 Å². The zero-order chi connectivity index (χ0) is 10.1. The third kappa shape index (κ3) is 2.63. The number of hydrogen-bond acceptors (Lipinski definition) is 3. The Kier molecular flexibility index (Phi) is 2.96. The van der Waals surface area contributed by atoms with E-state index in [0.717, 1.165) is 12.8 Å². The Morgan fingerprint density at radius 1 is 1.54 bits per heavy atom. The molecule has 1 saturated heterocycles. The van der Waals surface area contributed by atoms with E-state index in [1.165, 1.54) is 4.31 Å². The number of hydrogen-bond donors (Lipinski definition) is 1. The molecule has 1 unspecified atom stereocenters. The van der Waals surface area contributed by atoms with Crippen LogP contribution in [0.2, 0.25) is 0 Å². The van der Waals surface area contributed by atoms with Crippen molar-refractivity contribution in [2.24, 2.45) is 5.14 Å². The lowest BCUT2D eigenvalue weighted by molar-refractivity contribution is -0.0319. The Morgan fingerprint density at radius 3 is 2.62 bits per heavy atom. The highest BCUT2D eigenvalue weighted by Crippen LogP contribution is 2.24. The molecule has 0 aromatic carbocycles. The molecule has 1 atom stereocenters. The molecule has 0 amide bonds. The van der Waals surface area contributed by atoms with E-state index in [2.05, 4.69) is 0 Å². The molecule has 1 aliphatic rings. The maximum Gasteiger partial charge on any atom is 0.276 e. The number of ether oxygens (including phenoxy) is 1. The second-order valence-electron chi connectivity index (χ2n) is 3.64. The number of nitrogens with two attached hydrogens (primary N) is 1. The molecule has 0 aromatic rings. The smallest absolute Gasteiger partial charge is 0.276 e. The largest absolute Gasteiger partial charge is 0.377 e. The van der Waals surface area contributed by atoms with E-state index < -0.39 is 10.2 Å². The summed E-state index contributed by atoms with van der Waals surface area (Å²) in [7, 11) is -1.96. The summed E-state index contributed by atoms with van der Waals surface area (Å²) in [6, 6.07) is 0. The fraction of sp³-hybridized carbons (Fsp3) is 1.00. The van der Waals surface area contributed by atoms with Gasteiger partial charge in [0.05, 0.1) is 5.60 Å². The highest BCUT2D eigenvalue weighted by molar-refractivity contribution is 7.86. The molecule has 1 heterocycles. The summed E-state index contributed by atoms with van der Waals surface area (Å²) in [6.07, 6.45) is 1.66. The van der Waals surface area contributed by atoms with Crippen LogP contribution in [0.1, 0.15) is 19.8 Å². The van der Waals surface area contributed by atoms with Crippen LogP contribution in [0.4, 0.5) is 0 Å². The predicted octanol–water partition coefficient (Wildman–Crippen LogP) is -0.309. The molecular weight excluding hydrogens is 192 g/mol. The van der Waals surface area contributed by atoms with Gasteiger partial charge < -0.3 is 4.74 Å². The van der Waals surface area contributed by atoms with Crippen LogP contribution in [0.3, 0.4) is 0 Å². The number of methoxy groups -OCH3 is 1. The molecule has 2 N–H and O–H groups in total. The average Bonchev–Trinajstić information content (AvgIpc) is 2.03. The van der Waals surface area contributed by atoms with Crippen molar-refractivity contribution in [3.63, 3.8) is 0 Å². The van der Waals surface area contributed by atoms with Crippen molar-refractivity contribution in [3.8, 4) is 0 Å². The minimum atomic E-state index is -3.55. The van der Waals surface area contributed by atoms with Crippen molar-refractivity contribution in [1.29, 1.82) is 0 Å². The van der Waals surface area contributed by atoms with Gasteiger partial charge in [0.25, 0.3) is 10.2 Å². The summed E-state index contributed by atoms with van der Waals surface area (Å²) in [4.78, 5) is 0. The van der Waals surface area contributed by atoms with Gasteiger partial charge in [0, 0.05) is 20.2 Å². The molecule has 5 nitrogen and oxygen atoms in total. The summed E-state index contributed by atoms with van der Waals surface area (Å²) in [5.74, 6) is 0. The topological polar surface area (TPSA) is 72.6 Å². The Balaban J connectivity index is 2.73. The van der Waals surface area contributed by atoms with Gasteiger partial charge in [-0.15, -0.1) is 0 Å². The van der Waals surface area contributed by atoms with Gasteiger partial charge in [0.2, 0.25) is 0 Å². The first-order valence-electron chi connectivity index (χ1n) is 4.20. The van der Waals surface area contributed by atoms with E-state index in [-0.39, 0.29) is 5.60 Å². The van der Waals surface area contributed by atoms with Gasteiger partial charge >= 0.3 is 0 Å². The van der Waals surface area contributed by atoms with E-state index in [9.17, 15) is 8.42 Å². The van der Waals surface area contributed by atoms with Crippen molar-refractivity contribution in [2.75, 3.05) is 20.2 Å². The molecule has 0 saturated carbocycles. The first-order chi connectivity index (χ1) is 5.87. The van der Waals surface area contributed by atoms with Gasteiger partial charge in [0.1, 0.15) is 0 Å². The lowest BCUT2D eigenvalue weighted by Crippen LogP contribution is -2.51. The monoisotopic (exact) mass is 208 g/mol. The summed E-state index contributed by atoms with van der Waals surface area (Å²) < 4.78 is 28.6. The molecule has 13 heavy (non-hydrogen) atoms. The first-order valence-corrected chi connectivity index (χ1v) is 5.71. The minimum absolute atomic E-state index is 0.350. The van der Waals surface area contributed by atoms with Crippen LogP contribution in [0.25, 0.3) is 0 Å². The van der Waals surface area contributed by atoms with Gasteiger partial charge in [-0.25, -0.2) is 5.14 Å². The van der Waals surface area contributed by atoms with E-state index in [1.807, 2.05) is 6.92 Å². The van der Waals surface area contributed by atoms with Crippen molar-refractivity contribution in [1.82, 2.24) is 4.31 Å². The van der Waals surface area contributed by atoms with Gasteiger partial charge in [-0.3, -0.25) is 0 Å². The summed E-state index contributed by atoms with van der Waals surface area (Å²) >= 11 is 0. The van der Waals surface area contributed by atoms with Crippen molar-refractivity contribution < 1.29 is 13.2 Å². The van der Waals surface area contributed by atoms with Gasteiger partial charge in [-0.1, -0.05) is 0 Å². The van der Waals surface area contributed by atoms with Gasteiger partial charge in [0.15, 0.2) is 0 Å². The fourth-order valence-corrected chi connectivity index (χ4v) is 2.38. The zero-order valence-electron chi connectivity index (χ0n) is 7.99. The maximum atomic E-state index is 11.0. The standard InChI is InChI=1S/C7H16N2O3S/c1-7(12-2)4-3-5-9(6-7)13(8,10)11/h3-6H2,1-2H3,(H2,8,10,11). The zero-order valence-corrected chi connectivity index (χ0v) is 8.80. The van der Waals surface area contributed by atoms with E-state index in [0.29, 0.717) is 13.1 Å². The second kappa shape index (κ2) is 3.53. The molecular formula is C7H16N2O3S. The number of nitrogens with zero attached hydrogens (tertiary/aromatic N) is 1. The molecule has 78 valence electrons. The van der Waals surface area contributed by atoms with Crippen LogP contribution in [0, 0.1) is 0 Å². The van der Waals surface area contributed by atoms with Crippen LogP contribution >= 0.6 is 0 Å². The molecule has 0 spiro atoms. The van der Waals surface area contributed by atoms with Crippen LogP contribution in [0.15, 0.2) is 0 Å². The Hall–Kier alpha value is -0.170. The van der Waals surface area contributed by atoms with Crippen molar-refractivity contribution in [3.05, 3.63) is 0 Å². The van der Waals surface area contributed by atoms with E-state index >= 15 is 0 Å². The minimum Gasteiger partial charge on any atom is -0.377 e. The molecule has 1 fully saturated rings. The molecule has 1 aliphatic heterocycles. The molecule has 6 heteroatoms. The number of rotatable bonds is 2. The van der Waals surface area contributed by atoms with Crippen LogP contribution in [0.5, 0.6) is 0 Å². The highest BCUT2D eigenvalue weighted by atomic mass is 32.2. The van der Waals surface area contributed by atoms with E-state index in [4.69, 9.17) is 9.88 Å². The van der Waals surface area contributed by atoms with Gasteiger partial charge in [-0.05, 0) is 19.8 Å². The van der Waals surface area contributed by atoms with Crippen LogP contribution in [-0.4, -0.2) is 38.5 Å². The lowest BCUT2D eigenvalue weighted by Gasteiger charge is -2.37. The quantitative estimate of drug-likeness (QED) is 0.676. The Bertz CT molecular complexity index is 277. The molecule has 0 aromatic heterocycles. The maximum absolute atomic E-state index is 11.0. The van der Waals surface area contributed by atoms with Crippen molar-refractivity contribution >= 4 is 10.2 Å². The summed E-state index contributed by atoms with van der Waals surface area (Å²) in [5, 5.41) is 5.03. The third-order valence-electron chi connectivity index (χ3n) is 2.48. The molecule has 0 bridgehead atoms. The Labute approximate surface area is 79.0 Å². The predicted molar refractivity (Wildman–Crippen MR) is 49.3 cm³/mol.